The number of ketones is 1. The van der Waals surface area contributed by atoms with Crippen LogP contribution in [0.4, 0.5) is 0 Å². The summed E-state index contributed by atoms with van der Waals surface area (Å²) in [5, 5.41) is 2.76. The van der Waals surface area contributed by atoms with Crippen LogP contribution in [-0.2, 0) is 11.2 Å². The molecule has 1 aliphatic heterocycles. The number of amides is 1. The quantitative estimate of drug-likeness (QED) is 0.917. The molecule has 1 N–H and O–H groups in total. The number of hydrogen-bond donors (Lipinski definition) is 1. The van der Waals surface area contributed by atoms with Gasteiger partial charge in [-0.3, -0.25) is 9.59 Å². The van der Waals surface area contributed by atoms with E-state index >= 15 is 0 Å². The Morgan fingerprint density at radius 1 is 1.21 bits per heavy atom. The van der Waals surface area contributed by atoms with Gasteiger partial charge in [0, 0.05) is 6.42 Å². The molecule has 1 atom stereocenters. The molecule has 1 aliphatic rings. The van der Waals surface area contributed by atoms with Crippen LogP contribution in [-0.4, -0.2) is 31.4 Å². The Morgan fingerprint density at radius 3 is 2.79 bits per heavy atom. The van der Waals surface area contributed by atoms with E-state index in [9.17, 15) is 9.59 Å². The highest BCUT2D eigenvalue weighted by Gasteiger charge is 2.29. The smallest absolute Gasteiger partial charge is 0.221 e. The van der Waals surface area contributed by atoms with Crippen molar-refractivity contribution < 1.29 is 19.1 Å². The number of Topliss-reactive ketones (excluding diaryl/α,β-unsaturated/α-hetero) is 1. The monoisotopic (exact) mass is 325 g/mol. The van der Waals surface area contributed by atoms with Crippen molar-refractivity contribution in [2.75, 3.05) is 13.7 Å². The fourth-order valence-corrected chi connectivity index (χ4v) is 2.76. The highest BCUT2D eigenvalue weighted by molar-refractivity contribution is 6.04. The number of fused-ring (bicyclic) bond motifs is 1. The zero-order valence-corrected chi connectivity index (χ0v) is 13.5. The molecule has 24 heavy (non-hydrogen) atoms. The number of methoxy groups -OCH3 is 1. The Hall–Kier alpha value is -2.82. The summed E-state index contributed by atoms with van der Waals surface area (Å²) in [6.45, 7) is 0.163. The number of carbonyl (C=O) groups excluding carboxylic acids is 2. The Balaban J connectivity index is 1.59. The molecule has 1 unspecified atom stereocenters. The SMILES string of the molecule is COc1ccccc1CCC(=O)NC1COc2ccccc2C1=O. The third kappa shape index (κ3) is 3.40. The summed E-state index contributed by atoms with van der Waals surface area (Å²) in [4.78, 5) is 24.6. The van der Waals surface area contributed by atoms with Crippen LogP contribution in [0.2, 0.25) is 0 Å². The fraction of sp³-hybridized carbons (Fsp3) is 0.263. The maximum Gasteiger partial charge on any atom is 0.221 e. The predicted molar refractivity (Wildman–Crippen MR) is 89.5 cm³/mol. The van der Waals surface area contributed by atoms with E-state index in [0.29, 0.717) is 17.7 Å². The van der Waals surface area contributed by atoms with E-state index in [2.05, 4.69) is 5.32 Å². The molecule has 1 amide bonds. The zero-order valence-electron chi connectivity index (χ0n) is 13.5. The van der Waals surface area contributed by atoms with Crippen LogP contribution in [0.25, 0.3) is 0 Å². The van der Waals surface area contributed by atoms with E-state index < -0.39 is 6.04 Å². The van der Waals surface area contributed by atoms with E-state index in [1.807, 2.05) is 30.3 Å². The van der Waals surface area contributed by atoms with Gasteiger partial charge in [0.2, 0.25) is 5.91 Å². The summed E-state index contributed by atoms with van der Waals surface area (Å²) in [5.41, 5.74) is 1.48. The van der Waals surface area contributed by atoms with Crippen molar-refractivity contribution in [3.8, 4) is 11.5 Å². The lowest BCUT2D eigenvalue weighted by Crippen LogP contribution is -2.47. The average Bonchev–Trinajstić information content (AvgIpc) is 2.63. The molecule has 3 rings (SSSR count). The minimum Gasteiger partial charge on any atom is -0.496 e. The van der Waals surface area contributed by atoms with E-state index in [1.165, 1.54) is 0 Å². The maximum atomic E-state index is 12.4. The first-order chi connectivity index (χ1) is 11.7. The second-order valence-electron chi connectivity index (χ2n) is 5.60. The summed E-state index contributed by atoms with van der Waals surface area (Å²) in [6, 6.07) is 14.0. The van der Waals surface area contributed by atoms with E-state index in [1.54, 1.807) is 25.3 Å². The number of nitrogens with one attached hydrogen (secondary N) is 1. The first-order valence-corrected chi connectivity index (χ1v) is 7.86. The normalized spacial score (nSPS) is 16.0. The summed E-state index contributed by atoms with van der Waals surface area (Å²) >= 11 is 0. The average molecular weight is 325 g/mol. The van der Waals surface area contributed by atoms with Crippen LogP contribution >= 0.6 is 0 Å². The van der Waals surface area contributed by atoms with Crippen LogP contribution in [0, 0.1) is 0 Å². The topological polar surface area (TPSA) is 64.6 Å². The Morgan fingerprint density at radius 2 is 1.96 bits per heavy atom. The highest BCUT2D eigenvalue weighted by atomic mass is 16.5. The van der Waals surface area contributed by atoms with Gasteiger partial charge >= 0.3 is 0 Å². The van der Waals surface area contributed by atoms with Crippen molar-refractivity contribution in [1.82, 2.24) is 5.32 Å². The minimum absolute atomic E-state index is 0.109. The molecule has 124 valence electrons. The van der Waals surface area contributed by atoms with Crippen LogP contribution < -0.4 is 14.8 Å². The Bertz CT molecular complexity index is 757. The lowest BCUT2D eigenvalue weighted by molar-refractivity contribution is -0.121. The van der Waals surface area contributed by atoms with Gasteiger partial charge in [0.1, 0.15) is 24.1 Å². The van der Waals surface area contributed by atoms with Crippen LogP contribution in [0.1, 0.15) is 22.3 Å². The Labute approximate surface area is 140 Å². The molecular weight excluding hydrogens is 306 g/mol. The molecule has 0 radical (unpaired) electrons. The zero-order chi connectivity index (χ0) is 16.9. The molecule has 0 saturated carbocycles. The third-order valence-electron chi connectivity index (χ3n) is 4.02. The number of hydrogen-bond acceptors (Lipinski definition) is 4. The number of ether oxygens (including phenoxy) is 2. The molecule has 0 spiro atoms. The Kier molecular flexibility index (Phi) is 4.79. The molecule has 0 bridgehead atoms. The number of para-hydroxylation sites is 2. The van der Waals surface area contributed by atoms with Crippen LogP contribution in [0.5, 0.6) is 11.5 Å². The van der Waals surface area contributed by atoms with Crippen molar-refractivity contribution >= 4 is 11.7 Å². The highest BCUT2D eigenvalue weighted by Crippen LogP contribution is 2.24. The minimum atomic E-state index is -0.634. The van der Waals surface area contributed by atoms with Gasteiger partial charge < -0.3 is 14.8 Å². The van der Waals surface area contributed by atoms with Crippen molar-refractivity contribution in [3.63, 3.8) is 0 Å². The van der Waals surface area contributed by atoms with Gasteiger partial charge in [-0.1, -0.05) is 30.3 Å². The molecule has 0 fully saturated rings. The van der Waals surface area contributed by atoms with E-state index in [4.69, 9.17) is 9.47 Å². The second-order valence-corrected chi connectivity index (χ2v) is 5.60. The second kappa shape index (κ2) is 7.17. The van der Waals surface area contributed by atoms with Gasteiger partial charge in [-0.05, 0) is 30.2 Å². The molecule has 0 aliphatic carbocycles. The first kappa shape index (κ1) is 16.1. The lowest BCUT2D eigenvalue weighted by Gasteiger charge is -2.24. The molecule has 2 aromatic carbocycles. The molecule has 5 heteroatoms. The van der Waals surface area contributed by atoms with Crippen molar-refractivity contribution in [2.45, 2.75) is 18.9 Å². The molecule has 1 heterocycles. The summed E-state index contributed by atoms with van der Waals surface area (Å²) < 4.78 is 10.8. The van der Waals surface area contributed by atoms with Gasteiger partial charge in [0.25, 0.3) is 0 Å². The summed E-state index contributed by atoms with van der Waals surface area (Å²) in [6.07, 6.45) is 0.833. The van der Waals surface area contributed by atoms with Gasteiger partial charge in [0.05, 0.1) is 12.7 Å². The standard InChI is InChI=1S/C19H19NO4/c1-23-16-8-4-2-6-13(16)10-11-18(21)20-15-12-24-17-9-5-3-7-14(17)19(15)22/h2-9,15H,10-12H2,1H3,(H,20,21). The van der Waals surface area contributed by atoms with Gasteiger partial charge in [-0.15, -0.1) is 0 Å². The number of benzene rings is 2. The van der Waals surface area contributed by atoms with Crippen LogP contribution in [0.3, 0.4) is 0 Å². The largest absolute Gasteiger partial charge is 0.496 e. The summed E-state index contributed by atoms with van der Waals surface area (Å²) in [7, 11) is 1.61. The molecular formula is C19H19NO4. The van der Waals surface area contributed by atoms with E-state index in [-0.39, 0.29) is 24.7 Å². The molecule has 0 saturated heterocycles. The number of carbonyl (C=O) groups is 2. The number of aryl methyl sites for hydroxylation is 1. The molecule has 2 aromatic rings. The lowest BCUT2D eigenvalue weighted by atomic mass is 10.0. The van der Waals surface area contributed by atoms with Crippen LogP contribution in [0.15, 0.2) is 48.5 Å². The van der Waals surface area contributed by atoms with Gasteiger partial charge in [-0.2, -0.15) is 0 Å². The molecule has 0 aromatic heterocycles. The summed E-state index contributed by atoms with van der Waals surface area (Å²) in [5.74, 6) is 1.04. The molecule has 5 nitrogen and oxygen atoms in total. The number of rotatable bonds is 5. The van der Waals surface area contributed by atoms with Crippen molar-refractivity contribution in [2.24, 2.45) is 0 Å². The fourth-order valence-electron chi connectivity index (χ4n) is 2.76. The van der Waals surface area contributed by atoms with Crippen molar-refractivity contribution in [1.29, 1.82) is 0 Å². The predicted octanol–water partition coefficient (Wildman–Crippen LogP) is 2.39. The van der Waals surface area contributed by atoms with E-state index in [0.717, 1.165) is 11.3 Å². The van der Waals surface area contributed by atoms with Gasteiger partial charge in [0.15, 0.2) is 5.78 Å². The van der Waals surface area contributed by atoms with Gasteiger partial charge in [-0.25, -0.2) is 0 Å². The maximum absolute atomic E-state index is 12.4. The first-order valence-electron chi connectivity index (χ1n) is 7.86. The third-order valence-corrected chi connectivity index (χ3v) is 4.02. The van der Waals surface area contributed by atoms with Crippen molar-refractivity contribution in [3.05, 3.63) is 59.7 Å².